The monoisotopic (exact) mass is 306 g/mol. The zero-order valence-electron chi connectivity index (χ0n) is 11.7. The zero-order valence-corrected chi connectivity index (χ0v) is 11.7. The van der Waals surface area contributed by atoms with E-state index in [1.165, 1.54) is 12.1 Å². The van der Waals surface area contributed by atoms with Crippen molar-refractivity contribution in [3.8, 4) is 0 Å². The molecule has 7 heteroatoms. The minimum absolute atomic E-state index is 0.117. The summed E-state index contributed by atoms with van der Waals surface area (Å²) in [6.07, 6.45) is -7.67. The second kappa shape index (κ2) is 6.19. The second-order valence-electron chi connectivity index (χ2n) is 5.05. The SMILES string of the molecule is CCN1CCN(c2cccc(C(O)C(F)(F)F)c2F)CC1. The molecule has 1 heterocycles. The maximum absolute atomic E-state index is 14.3. The quantitative estimate of drug-likeness (QED) is 0.870. The van der Waals surface area contributed by atoms with Crippen molar-refractivity contribution in [3.05, 3.63) is 29.6 Å². The molecule has 1 fully saturated rings. The van der Waals surface area contributed by atoms with Crippen molar-refractivity contribution in [3.63, 3.8) is 0 Å². The molecule has 1 aliphatic rings. The Balaban J connectivity index is 2.23. The van der Waals surface area contributed by atoms with Crippen molar-refractivity contribution < 1.29 is 22.7 Å². The van der Waals surface area contributed by atoms with Gasteiger partial charge in [-0.25, -0.2) is 4.39 Å². The van der Waals surface area contributed by atoms with Crippen LogP contribution in [0.1, 0.15) is 18.6 Å². The highest BCUT2D eigenvalue weighted by Gasteiger charge is 2.41. The maximum atomic E-state index is 14.3. The number of benzene rings is 1. The Bertz CT molecular complexity index is 484. The number of halogens is 4. The van der Waals surface area contributed by atoms with E-state index in [-0.39, 0.29) is 5.69 Å². The van der Waals surface area contributed by atoms with Gasteiger partial charge < -0.3 is 14.9 Å². The number of rotatable bonds is 3. The number of nitrogens with zero attached hydrogens (tertiary/aromatic N) is 2. The van der Waals surface area contributed by atoms with Crippen molar-refractivity contribution >= 4 is 5.69 Å². The van der Waals surface area contributed by atoms with Crippen LogP contribution in [-0.4, -0.2) is 48.9 Å². The Hall–Kier alpha value is -1.34. The third kappa shape index (κ3) is 3.47. The maximum Gasteiger partial charge on any atom is 0.418 e. The Morgan fingerprint density at radius 1 is 1.19 bits per heavy atom. The molecule has 0 amide bonds. The first-order valence-electron chi connectivity index (χ1n) is 6.85. The molecule has 118 valence electrons. The fourth-order valence-corrected chi connectivity index (χ4v) is 2.47. The fourth-order valence-electron chi connectivity index (χ4n) is 2.47. The highest BCUT2D eigenvalue weighted by atomic mass is 19.4. The molecular weight excluding hydrogens is 288 g/mol. The molecule has 0 aliphatic carbocycles. The summed E-state index contributed by atoms with van der Waals surface area (Å²) >= 11 is 0. The predicted molar refractivity (Wildman–Crippen MR) is 71.7 cm³/mol. The average molecular weight is 306 g/mol. The number of likely N-dealkylation sites (N-methyl/N-ethyl adjacent to an activating group) is 1. The van der Waals surface area contributed by atoms with E-state index in [2.05, 4.69) is 4.90 Å². The highest BCUT2D eigenvalue weighted by Crippen LogP contribution is 2.36. The molecule has 0 bridgehead atoms. The Morgan fingerprint density at radius 2 is 1.81 bits per heavy atom. The van der Waals surface area contributed by atoms with E-state index in [0.29, 0.717) is 13.1 Å². The summed E-state index contributed by atoms with van der Waals surface area (Å²) in [5, 5.41) is 9.25. The van der Waals surface area contributed by atoms with Crippen molar-refractivity contribution in [1.29, 1.82) is 0 Å². The van der Waals surface area contributed by atoms with Crippen molar-refractivity contribution in [2.75, 3.05) is 37.6 Å². The van der Waals surface area contributed by atoms with Gasteiger partial charge in [0.1, 0.15) is 0 Å². The Labute approximate surface area is 120 Å². The number of hydrogen-bond acceptors (Lipinski definition) is 3. The van der Waals surface area contributed by atoms with Crippen molar-refractivity contribution in [2.45, 2.75) is 19.2 Å². The van der Waals surface area contributed by atoms with Crippen LogP contribution in [0.3, 0.4) is 0 Å². The van der Waals surface area contributed by atoms with Crippen LogP contribution in [0.25, 0.3) is 0 Å². The number of aliphatic hydroxyl groups is 1. The lowest BCUT2D eigenvalue weighted by Crippen LogP contribution is -2.46. The number of piperazine rings is 1. The lowest BCUT2D eigenvalue weighted by Gasteiger charge is -2.36. The van der Waals surface area contributed by atoms with Gasteiger partial charge >= 0.3 is 6.18 Å². The van der Waals surface area contributed by atoms with E-state index in [9.17, 15) is 22.7 Å². The van der Waals surface area contributed by atoms with Crippen LogP contribution in [0.4, 0.5) is 23.2 Å². The summed E-state index contributed by atoms with van der Waals surface area (Å²) in [6, 6.07) is 3.76. The molecule has 1 saturated heterocycles. The summed E-state index contributed by atoms with van der Waals surface area (Å²) in [5.74, 6) is -0.993. The molecule has 0 aromatic heterocycles. The average Bonchev–Trinajstić information content (AvgIpc) is 2.46. The van der Waals surface area contributed by atoms with E-state index in [1.54, 1.807) is 4.90 Å². The van der Waals surface area contributed by atoms with Crippen LogP contribution in [-0.2, 0) is 0 Å². The van der Waals surface area contributed by atoms with Gasteiger partial charge in [0.05, 0.1) is 5.69 Å². The molecule has 0 radical (unpaired) electrons. The summed E-state index contributed by atoms with van der Waals surface area (Å²) < 4.78 is 51.9. The molecule has 1 unspecified atom stereocenters. The van der Waals surface area contributed by atoms with Gasteiger partial charge in [-0.1, -0.05) is 19.1 Å². The minimum Gasteiger partial charge on any atom is -0.379 e. The van der Waals surface area contributed by atoms with E-state index < -0.39 is 23.7 Å². The van der Waals surface area contributed by atoms with Crippen LogP contribution in [0.5, 0.6) is 0 Å². The van der Waals surface area contributed by atoms with Crippen molar-refractivity contribution in [1.82, 2.24) is 4.90 Å². The van der Waals surface area contributed by atoms with Gasteiger partial charge in [0.25, 0.3) is 0 Å². The van der Waals surface area contributed by atoms with Gasteiger partial charge in [-0.2, -0.15) is 13.2 Å². The van der Waals surface area contributed by atoms with Crippen LogP contribution in [0, 0.1) is 5.82 Å². The lowest BCUT2D eigenvalue weighted by atomic mass is 10.1. The molecule has 1 aliphatic heterocycles. The van der Waals surface area contributed by atoms with Gasteiger partial charge in [0.2, 0.25) is 0 Å². The highest BCUT2D eigenvalue weighted by molar-refractivity contribution is 5.51. The summed E-state index contributed by atoms with van der Waals surface area (Å²) in [6.45, 7) is 5.50. The van der Waals surface area contributed by atoms with E-state index >= 15 is 0 Å². The molecule has 0 saturated carbocycles. The number of anilines is 1. The van der Waals surface area contributed by atoms with Gasteiger partial charge in [0, 0.05) is 31.7 Å². The van der Waals surface area contributed by atoms with E-state index in [1.807, 2.05) is 6.92 Å². The third-order valence-corrected chi connectivity index (χ3v) is 3.77. The summed E-state index contributed by atoms with van der Waals surface area (Å²) in [4.78, 5) is 3.90. The topological polar surface area (TPSA) is 26.7 Å². The molecule has 21 heavy (non-hydrogen) atoms. The molecule has 1 N–H and O–H groups in total. The first kappa shape index (κ1) is 16.0. The number of aliphatic hydroxyl groups excluding tert-OH is 1. The summed E-state index contributed by atoms with van der Waals surface area (Å²) in [5.41, 5.74) is -0.607. The smallest absolute Gasteiger partial charge is 0.379 e. The number of alkyl halides is 3. The molecule has 1 aromatic rings. The second-order valence-corrected chi connectivity index (χ2v) is 5.05. The van der Waals surface area contributed by atoms with Gasteiger partial charge in [-0.15, -0.1) is 0 Å². The Kier molecular flexibility index (Phi) is 4.73. The van der Waals surface area contributed by atoms with Crippen LogP contribution < -0.4 is 4.90 Å². The fraction of sp³-hybridized carbons (Fsp3) is 0.571. The lowest BCUT2D eigenvalue weighted by molar-refractivity contribution is -0.207. The standard InChI is InChI=1S/C14H18F4N2O/c1-2-19-6-8-20(9-7-19)11-5-3-4-10(12(11)15)13(21)14(16,17)18/h3-5,13,21H,2,6-9H2,1H3. The number of hydrogen-bond donors (Lipinski definition) is 1. The first-order chi connectivity index (χ1) is 9.84. The molecule has 1 atom stereocenters. The van der Waals surface area contributed by atoms with Crippen LogP contribution in [0.2, 0.25) is 0 Å². The van der Waals surface area contributed by atoms with Crippen LogP contribution >= 0.6 is 0 Å². The van der Waals surface area contributed by atoms with Crippen molar-refractivity contribution in [2.24, 2.45) is 0 Å². The summed E-state index contributed by atoms with van der Waals surface area (Å²) in [7, 11) is 0. The van der Waals surface area contributed by atoms with E-state index in [0.717, 1.165) is 25.7 Å². The Morgan fingerprint density at radius 3 is 2.33 bits per heavy atom. The third-order valence-electron chi connectivity index (χ3n) is 3.77. The molecular formula is C14H18F4N2O. The molecule has 0 spiro atoms. The minimum atomic E-state index is -4.87. The van der Waals surface area contributed by atoms with Gasteiger partial charge in [-0.05, 0) is 12.6 Å². The largest absolute Gasteiger partial charge is 0.418 e. The molecule has 2 rings (SSSR count). The van der Waals surface area contributed by atoms with E-state index in [4.69, 9.17) is 0 Å². The normalized spacial score (nSPS) is 18.9. The van der Waals surface area contributed by atoms with Gasteiger partial charge in [0.15, 0.2) is 11.9 Å². The van der Waals surface area contributed by atoms with Gasteiger partial charge in [-0.3, -0.25) is 0 Å². The zero-order chi connectivity index (χ0) is 15.6. The predicted octanol–water partition coefficient (Wildman–Crippen LogP) is 2.56. The molecule has 3 nitrogen and oxygen atoms in total. The first-order valence-corrected chi connectivity index (χ1v) is 6.85. The van der Waals surface area contributed by atoms with Crippen LogP contribution in [0.15, 0.2) is 18.2 Å². The molecule has 1 aromatic carbocycles.